The Bertz CT molecular complexity index is 1350. The van der Waals surface area contributed by atoms with Crippen molar-refractivity contribution in [3.63, 3.8) is 0 Å². The molecule has 0 radical (unpaired) electrons. The molecule has 0 bridgehead atoms. The molecular weight excluding hydrogens is 460 g/mol. The van der Waals surface area contributed by atoms with Crippen molar-refractivity contribution in [3.05, 3.63) is 93.5 Å². The van der Waals surface area contributed by atoms with Gasteiger partial charge in [0.05, 0.1) is 33.0 Å². The summed E-state index contributed by atoms with van der Waals surface area (Å²) in [6, 6.07) is 16.7. The molecule has 32 heavy (non-hydrogen) atoms. The highest BCUT2D eigenvalue weighted by molar-refractivity contribution is 6.36. The second-order valence-electron chi connectivity index (χ2n) is 7.10. The van der Waals surface area contributed by atoms with E-state index in [4.69, 9.17) is 23.2 Å². The first-order valence-electron chi connectivity index (χ1n) is 9.49. The van der Waals surface area contributed by atoms with Crippen LogP contribution in [0, 0.1) is 6.92 Å². The van der Waals surface area contributed by atoms with E-state index in [0.717, 1.165) is 6.07 Å². The molecule has 3 aromatic carbocycles. The Hall–Kier alpha value is -3.09. The van der Waals surface area contributed by atoms with E-state index < -0.39 is 17.6 Å². The molecule has 0 spiro atoms. The van der Waals surface area contributed by atoms with Gasteiger partial charge in [0.2, 0.25) is 0 Å². The Balaban J connectivity index is 1.89. The van der Waals surface area contributed by atoms with Gasteiger partial charge in [-0.2, -0.15) is 13.2 Å². The van der Waals surface area contributed by atoms with Crippen molar-refractivity contribution in [3.8, 4) is 11.3 Å². The fourth-order valence-electron chi connectivity index (χ4n) is 3.57. The highest BCUT2D eigenvalue weighted by atomic mass is 35.5. The van der Waals surface area contributed by atoms with Crippen LogP contribution < -0.4 is 5.32 Å². The number of carbonyl (C=O) groups excluding carboxylic acids is 1. The number of nitrogens with zero attached hydrogens (tertiary/aromatic N) is 1. The molecule has 0 aliphatic rings. The number of amides is 1. The second-order valence-corrected chi connectivity index (χ2v) is 7.94. The Morgan fingerprint density at radius 2 is 1.66 bits per heavy atom. The number of aromatic nitrogens is 1. The van der Waals surface area contributed by atoms with Gasteiger partial charge in [-0.05, 0) is 48.9 Å². The van der Waals surface area contributed by atoms with E-state index in [1.807, 2.05) is 0 Å². The quantitative estimate of drug-likeness (QED) is 0.329. The van der Waals surface area contributed by atoms with Crippen LogP contribution in [0.25, 0.3) is 22.2 Å². The van der Waals surface area contributed by atoms with Gasteiger partial charge in [0.25, 0.3) is 5.91 Å². The number of carbonyl (C=O) groups is 1. The summed E-state index contributed by atoms with van der Waals surface area (Å²) < 4.78 is 40.2. The third kappa shape index (κ3) is 4.16. The number of hydrogen-bond donors (Lipinski definition) is 1. The fourth-order valence-corrected chi connectivity index (χ4v) is 4.07. The van der Waals surface area contributed by atoms with E-state index in [-0.39, 0.29) is 11.3 Å². The monoisotopic (exact) mass is 474 g/mol. The summed E-state index contributed by atoms with van der Waals surface area (Å²) in [5.41, 5.74) is 0.960. The molecule has 0 fully saturated rings. The lowest BCUT2D eigenvalue weighted by Gasteiger charge is -2.17. The number of benzene rings is 3. The molecule has 1 amide bonds. The predicted octanol–water partition coefficient (Wildman–Crippen LogP) is 7.79. The number of hydrogen-bond acceptors (Lipinski definition) is 2. The summed E-state index contributed by atoms with van der Waals surface area (Å²) >= 11 is 12.4. The molecule has 3 nitrogen and oxygen atoms in total. The maximum Gasteiger partial charge on any atom is 0.418 e. The summed E-state index contributed by atoms with van der Waals surface area (Å²) in [5.74, 6) is -0.677. The normalized spacial score (nSPS) is 11.6. The van der Waals surface area contributed by atoms with Crippen LogP contribution in [0.2, 0.25) is 10.0 Å². The van der Waals surface area contributed by atoms with Gasteiger partial charge < -0.3 is 5.32 Å². The molecule has 0 aliphatic heterocycles. The third-order valence-corrected chi connectivity index (χ3v) is 5.58. The van der Waals surface area contributed by atoms with Gasteiger partial charge in [-0.1, -0.05) is 53.5 Å². The van der Waals surface area contributed by atoms with Gasteiger partial charge in [-0.3, -0.25) is 4.79 Å². The molecule has 0 saturated carbocycles. The number of para-hydroxylation sites is 2. The lowest BCUT2D eigenvalue weighted by molar-refractivity contribution is -0.136. The molecule has 8 heteroatoms. The summed E-state index contributed by atoms with van der Waals surface area (Å²) in [6.07, 6.45) is -4.61. The van der Waals surface area contributed by atoms with Crippen molar-refractivity contribution in [2.75, 3.05) is 5.32 Å². The van der Waals surface area contributed by atoms with Crippen molar-refractivity contribution >= 4 is 45.7 Å². The molecule has 4 rings (SSSR count). The Labute approximate surface area is 191 Å². The lowest BCUT2D eigenvalue weighted by Crippen LogP contribution is -2.18. The number of anilines is 1. The first-order chi connectivity index (χ1) is 15.2. The lowest BCUT2D eigenvalue weighted by atomic mass is 9.97. The van der Waals surface area contributed by atoms with E-state index in [9.17, 15) is 18.0 Å². The van der Waals surface area contributed by atoms with Crippen LogP contribution in [-0.2, 0) is 6.18 Å². The topological polar surface area (TPSA) is 42.0 Å². The molecule has 1 N–H and O–H groups in total. The van der Waals surface area contributed by atoms with Crippen LogP contribution in [0.3, 0.4) is 0 Å². The average molecular weight is 475 g/mol. The summed E-state index contributed by atoms with van der Waals surface area (Å²) in [5, 5.41) is 3.73. The minimum absolute atomic E-state index is 0.216. The molecule has 0 aliphatic carbocycles. The van der Waals surface area contributed by atoms with Gasteiger partial charge in [0.1, 0.15) is 0 Å². The maximum atomic E-state index is 13.4. The van der Waals surface area contributed by atoms with Crippen molar-refractivity contribution in [1.82, 2.24) is 4.98 Å². The number of fused-ring (bicyclic) bond motifs is 1. The predicted molar refractivity (Wildman–Crippen MR) is 121 cm³/mol. The van der Waals surface area contributed by atoms with Crippen LogP contribution in [0.4, 0.5) is 18.9 Å². The fraction of sp³-hybridized carbons (Fsp3) is 0.0833. The van der Waals surface area contributed by atoms with Gasteiger partial charge >= 0.3 is 6.18 Å². The van der Waals surface area contributed by atoms with E-state index >= 15 is 0 Å². The zero-order valence-electron chi connectivity index (χ0n) is 16.6. The van der Waals surface area contributed by atoms with Crippen molar-refractivity contribution < 1.29 is 18.0 Å². The van der Waals surface area contributed by atoms with E-state index in [2.05, 4.69) is 10.3 Å². The van der Waals surface area contributed by atoms with Gasteiger partial charge in [0.15, 0.2) is 0 Å². The second kappa shape index (κ2) is 8.45. The maximum absolute atomic E-state index is 13.4. The van der Waals surface area contributed by atoms with Crippen LogP contribution in [0.5, 0.6) is 0 Å². The molecule has 4 aromatic rings. The largest absolute Gasteiger partial charge is 0.418 e. The Kier molecular flexibility index (Phi) is 5.84. The van der Waals surface area contributed by atoms with Crippen molar-refractivity contribution in [1.29, 1.82) is 0 Å². The van der Waals surface area contributed by atoms with Crippen LogP contribution in [-0.4, -0.2) is 10.9 Å². The number of rotatable bonds is 3. The molecule has 0 atom stereocenters. The SMILES string of the molecule is Cc1c(-c2ccc(Cl)cc2Cl)nc2ccccc2c1C(=O)Nc1ccccc1C(F)(F)F. The molecular formula is C24H15Cl2F3N2O. The van der Waals surface area contributed by atoms with E-state index in [1.165, 1.54) is 18.2 Å². The van der Waals surface area contributed by atoms with Crippen LogP contribution in [0.1, 0.15) is 21.5 Å². The van der Waals surface area contributed by atoms with E-state index in [0.29, 0.717) is 37.8 Å². The van der Waals surface area contributed by atoms with Gasteiger partial charge in [-0.25, -0.2) is 4.98 Å². The summed E-state index contributed by atoms with van der Waals surface area (Å²) in [7, 11) is 0. The van der Waals surface area contributed by atoms with Gasteiger partial charge in [0, 0.05) is 16.0 Å². The summed E-state index contributed by atoms with van der Waals surface area (Å²) in [4.78, 5) is 17.9. The zero-order valence-corrected chi connectivity index (χ0v) is 18.1. The number of pyridine rings is 1. The number of halogens is 5. The smallest absolute Gasteiger partial charge is 0.321 e. The van der Waals surface area contributed by atoms with Crippen molar-refractivity contribution in [2.24, 2.45) is 0 Å². The first kappa shape index (κ1) is 22.1. The highest BCUT2D eigenvalue weighted by Gasteiger charge is 2.34. The number of nitrogens with one attached hydrogen (secondary N) is 1. The van der Waals surface area contributed by atoms with Crippen molar-refractivity contribution in [2.45, 2.75) is 13.1 Å². The minimum Gasteiger partial charge on any atom is -0.321 e. The molecule has 1 aromatic heterocycles. The van der Waals surface area contributed by atoms with Crippen LogP contribution in [0.15, 0.2) is 66.7 Å². The van der Waals surface area contributed by atoms with E-state index in [1.54, 1.807) is 49.4 Å². The zero-order chi connectivity index (χ0) is 23.0. The molecule has 0 unspecified atom stereocenters. The Morgan fingerprint density at radius 1 is 0.969 bits per heavy atom. The number of alkyl halides is 3. The average Bonchev–Trinajstić information content (AvgIpc) is 2.73. The standard InChI is InChI=1S/C24H15Cl2F3N2O/c1-13-21(23(32)31-20-9-5-3-7-17(20)24(27,28)29)16-6-2-4-8-19(16)30-22(13)15-11-10-14(25)12-18(15)26/h2-12H,1H3,(H,31,32). The minimum atomic E-state index is -4.61. The summed E-state index contributed by atoms with van der Waals surface area (Å²) in [6.45, 7) is 1.68. The first-order valence-corrected chi connectivity index (χ1v) is 10.2. The Morgan fingerprint density at radius 3 is 2.38 bits per heavy atom. The van der Waals surface area contributed by atoms with Gasteiger partial charge in [-0.15, -0.1) is 0 Å². The molecule has 162 valence electrons. The third-order valence-electron chi connectivity index (χ3n) is 5.03. The molecule has 0 saturated heterocycles. The molecule has 1 heterocycles. The van der Waals surface area contributed by atoms with Crippen LogP contribution >= 0.6 is 23.2 Å². The highest BCUT2D eigenvalue weighted by Crippen LogP contribution is 2.37.